The highest BCUT2D eigenvalue weighted by Crippen LogP contribution is 2.28. The van der Waals surface area contributed by atoms with E-state index in [2.05, 4.69) is 28.8 Å². The minimum atomic E-state index is 0.534. The van der Waals surface area contributed by atoms with Gasteiger partial charge >= 0.3 is 0 Å². The molecule has 0 atom stereocenters. The average Bonchev–Trinajstić information content (AvgIpc) is 2.88. The Kier molecular flexibility index (Phi) is 1.84. The van der Waals surface area contributed by atoms with Crippen molar-refractivity contribution in [3.05, 3.63) is 66.2 Å². The van der Waals surface area contributed by atoms with Crippen molar-refractivity contribution in [2.24, 2.45) is 0 Å². The van der Waals surface area contributed by atoms with Crippen LogP contribution >= 0.6 is 0 Å². The maximum atomic E-state index is 8.33. The van der Waals surface area contributed by atoms with E-state index in [1.165, 1.54) is 0 Å². The Morgan fingerprint density at radius 2 is 1.71 bits per heavy atom. The fraction of sp³-hybridized carbons (Fsp3) is 0. The van der Waals surface area contributed by atoms with E-state index in [1.54, 1.807) is 0 Å². The lowest BCUT2D eigenvalue weighted by molar-refractivity contribution is 1.18. The normalized spacial score (nSPS) is 12.0. The van der Waals surface area contributed by atoms with Gasteiger partial charge in [-0.25, -0.2) is 4.98 Å². The molecule has 0 unspecified atom stereocenters. The molecule has 0 amide bonds. The van der Waals surface area contributed by atoms with Crippen LogP contribution in [0.3, 0.4) is 0 Å². The zero-order valence-corrected chi connectivity index (χ0v) is 11.2. The zero-order chi connectivity index (χ0) is 14.0. The molecule has 2 aromatic heterocycles. The third-order valence-corrected chi connectivity index (χ3v) is 4.16. The smallest absolute Gasteiger partial charge is 0.145 e. The Morgan fingerprint density at radius 3 is 2.67 bits per heavy atom. The van der Waals surface area contributed by atoms with Gasteiger partial charge in [0.05, 0.1) is 16.4 Å². The summed E-state index contributed by atoms with van der Waals surface area (Å²) in [5, 5.41) is 13.3. The second-order valence-electron chi connectivity index (χ2n) is 5.36. The van der Waals surface area contributed by atoms with E-state index < -0.39 is 0 Å². The number of benzene rings is 3. The molecule has 5 aromatic rings. The number of nitrogens with zero attached hydrogens (tertiary/aromatic N) is 2. The van der Waals surface area contributed by atoms with Gasteiger partial charge in [0.1, 0.15) is 5.65 Å². The van der Waals surface area contributed by atoms with E-state index in [0.29, 0.717) is 5.36 Å². The molecule has 0 radical (unpaired) electrons. The van der Waals surface area contributed by atoms with Crippen molar-refractivity contribution < 1.29 is 0 Å². The Labute approximate surface area is 119 Å². The van der Waals surface area contributed by atoms with Gasteiger partial charge in [-0.05, 0) is 17.5 Å². The van der Waals surface area contributed by atoms with Crippen molar-refractivity contribution in [3.8, 4) is 0 Å². The standard InChI is InChI=1S/C18H11N3/c19-14-9-8-11-5-3-7-15-16(11)17(14)21-10-12-4-1-2-6-13(12)18(21)20-15/h1-10,19H. The van der Waals surface area contributed by atoms with Crippen molar-refractivity contribution in [1.82, 2.24) is 9.38 Å². The molecule has 0 aliphatic heterocycles. The van der Waals surface area contributed by atoms with Gasteiger partial charge in [-0.15, -0.1) is 0 Å². The van der Waals surface area contributed by atoms with E-state index in [9.17, 15) is 0 Å². The summed E-state index contributed by atoms with van der Waals surface area (Å²) in [5.74, 6) is 0. The van der Waals surface area contributed by atoms with E-state index in [0.717, 1.165) is 38.2 Å². The van der Waals surface area contributed by atoms with Crippen LogP contribution in [0, 0.1) is 5.41 Å². The van der Waals surface area contributed by atoms with Gasteiger partial charge in [-0.1, -0.05) is 42.5 Å². The maximum Gasteiger partial charge on any atom is 0.145 e. The Bertz CT molecular complexity index is 1200. The highest BCUT2D eigenvalue weighted by atomic mass is 15.0. The number of nitrogens with one attached hydrogen (secondary N) is 1. The van der Waals surface area contributed by atoms with Crippen LogP contribution in [-0.2, 0) is 0 Å². The molecule has 21 heavy (non-hydrogen) atoms. The first-order valence-electron chi connectivity index (χ1n) is 6.92. The average molecular weight is 269 g/mol. The third-order valence-electron chi connectivity index (χ3n) is 4.16. The lowest BCUT2D eigenvalue weighted by atomic mass is 10.1. The molecule has 2 heterocycles. The monoisotopic (exact) mass is 269 g/mol. The molecule has 3 aromatic carbocycles. The molecular formula is C18H11N3. The SMILES string of the molecule is N=c1ccc2cccc3nc4c5ccccc5cn4c1c23. The molecule has 0 fully saturated rings. The Balaban J connectivity index is 2.24. The van der Waals surface area contributed by atoms with Gasteiger partial charge in [0.2, 0.25) is 0 Å². The summed E-state index contributed by atoms with van der Waals surface area (Å²) in [5.41, 5.74) is 2.81. The highest BCUT2D eigenvalue weighted by Gasteiger charge is 2.12. The van der Waals surface area contributed by atoms with E-state index in [4.69, 9.17) is 10.4 Å². The molecular weight excluding hydrogens is 258 g/mol. The fourth-order valence-electron chi connectivity index (χ4n) is 3.23. The topological polar surface area (TPSA) is 41.2 Å². The maximum absolute atomic E-state index is 8.33. The van der Waals surface area contributed by atoms with Gasteiger partial charge in [0, 0.05) is 22.4 Å². The van der Waals surface area contributed by atoms with Gasteiger partial charge < -0.3 is 0 Å². The van der Waals surface area contributed by atoms with E-state index in [-0.39, 0.29) is 0 Å². The first-order valence-corrected chi connectivity index (χ1v) is 6.92. The van der Waals surface area contributed by atoms with E-state index >= 15 is 0 Å². The lowest BCUT2D eigenvalue weighted by Gasteiger charge is -2.07. The number of aromatic nitrogens is 2. The summed E-state index contributed by atoms with van der Waals surface area (Å²) in [6.45, 7) is 0. The molecule has 0 saturated carbocycles. The summed E-state index contributed by atoms with van der Waals surface area (Å²) in [6.07, 6.45) is 2.08. The predicted octanol–water partition coefficient (Wildman–Crippen LogP) is 3.71. The third kappa shape index (κ3) is 1.28. The van der Waals surface area contributed by atoms with Crippen LogP contribution in [0.2, 0.25) is 0 Å². The quantitative estimate of drug-likeness (QED) is 0.457. The second-order valence-corrected chi connectivity index (χ2v) is 5.36. The van der Waals surface area contributed by atoms with Gasteiger partial charge in [0.15, 0.2) is 0 Å². The van der Waals surface area contributed by atoms with Crippen LogP contribution in [0.5, 0.6) is 0 Å². The van der Waals surface area contributed by atoms with Crippen molar-refractivity contribution in [3.63, 3.8) is 0 Å². The Morgan fingerprint density at radius 1 is 0.857 bits per heavy atom. The molecule has 1 N–H and O–H groups in total. The van der Waals surface area contributed by atoms with Crippen LogP contribution in [-0.4, -0.2) is 9.38 Å². The van der Waals surface area contributed by atoms with Crippen LogP contribution in [0.15, 0.2) is 60.8 Å². The number of fused-ring (bicyclic) bond motifs is 4. The first-order chi connectivity index (χ1) is 10.3. The van der Waals surface area contributed by atoms with Gasteiger partial charge in [-0.2, -0.15) is 0 Å². The molecule has 0 saturated heterocycles. The molecule has 5 rings (SSSR count). The largest absolute Gasteiger partial charge is 0.299 e. The van der Waals surface area contributed by atoms with Crippen molar-refractivity contribution >= 4 is 38.2 Å². The summed E-state index contributed by atoms with van der Waals surface area (Å²) >= 11 is 0. The molecule has 0 aliphatic carbocycles. The molecule has 98 valence electrons. The number of hydrogen-bond donors (Lipinski definition) is 1. The molecule has 0 bridgehead atoms. The van der Waals surface area contributed by atoms with Crippen molar-refractivity contribution in [2.45, 2.75) is 0 Å². The Hall–Kier alpha value is -2.94. The predicted molar refractivity (Wildman–Crippen MR) is 84.8 cm³/mol. The van der Waals surface area contributed by atoms with Crippen LogP contribution in [0.25, 0.3) is 38.2 Å². The van der Waals surface area contributed by atoms with Crippen LogP contribution in [0.1, 0.15) is 0 Å². The van der Waals surface area contributed by atoms with Crippen LogP contribution in [0.4, 0.5) is 0 Å². The number of rotatable bonds is 0. The first kappa shape index (κ1) is 10.8. The van der Waals surface area contributed by atoms with E-state index in [1.807, 2.05) is 36.4 Å². The van der Waals surface area contributed by atoms with Crippen molar-refractivity contribution in [1.29, 1.82) is 5.41 Å². The minimum Gasteiger partial charge on any atom is -0.299 e. The highest BCUT2D eigenvalue weighted by molar-refractivity contribution is 6.10. The molecule has 3 heteroatoms. The second kappa shape index (κ2) is 3.58. The summed E-state index contributed by atoms with van der Waals surface area (Å²) in [6, 6.07) is 18.2. The molecule has 3 nitrogen and oxygen atoms in total. The summed E-state index contributed by atoms with van der Waals surface area (Å²) in [4.78, 5) is 4.84. The lowest BCUT2D eigenvalue weighted by Crippen LogP contribution is -2.06. The van der Waals surface area contributed by atoms with Crippen molar-refractivity contribution in [2.75, 3.05) is 0 Å². The zero-order valence-electron chi connectivity index (χ0n) is 11.2. The van der Waals surface area contributed by atoms with Crippen LogP contribution < -0.4 is 5.36 Å². The molecule has 0 spiro atoms. The number of hydrogen-bond acceptors (Lipinski definition) is 2. The summed E-state index contributed by atoms with van der Waals surface area (Å²) < 4.78 is 2.06. The fourth-order valence-corrected chi connectivity index (χ4v) is 3.23. The van der Waals surface area contributed by atoms with Gasteiger partial charge in [0.25, 0.3) is 0 Å². The molecule has 0 aliphatic rings. The van der Waals surface area contributed by atoms with Gasteiger partial charge in [-0.3, -0.25) is 9.81 Å². The minimum absolute atomic E-state index is 0.534. The summed E-state index contributed by atoms with van der Waals surface area (Å²) in [7, 11) is 0.